The topological polar surface area (TPSA) is 84.5 Å². The molecule has 0 aliphatic carbocycles. The third-order valence-corrected chi connectivity index (χ3v) is 5.39. The zero-order valence-electron chi connectivity index (χ0n) is 16.8. The molecule has 0 unspecified atom stereocenters. The van der Waals surface area contributed by atoms with Gasteiger partial charge in [-0.2, -0.15) is 4.98 Å². The maximum Gasteiger partial charge on any atom is 0.352 e. The van der Waals surface area contributed by atoms with Crippen LogP contribution in [0.25, 0.3) is 5.78 Å². The van der Waals surface area contributed by atoms with Crippen molar-refractivity contribution in [2.75, 3.05) is 23.3 Å². The first-order valence-electron chi connectivity index (χ1n) is 10.1. The largest absolute Gasteiger partial charge is 0.356 e. The van der Waals surface area contributed by atoms with Gasteiger partial charge in [-0.3, -0.25) is 4.79 Å². The summed E-state index contributed by atoms with van der Waals surface area (Å²) < 4.78 is 2.54. The van der Waals surface area contributed by atoms with Gasteiger partial charge in [-0.25, -0.2) is 13.9 Å². The van der Waals surface area contributed by atoms with Crippen LogP contribution in [0.5, 0.6) is 0 Å². The lowest BCUT2D eigenvalue weighted by molar-refractivity contribution is -0.117. The van der Waals surface area contributed by atoms with E-state index in [4.69, 9.17) is 0 Å². The lowest BCUT2D eigenvalue weighted by Crippen LogP contribution is -2.35. The van der Waals surface area contributed by atoms with Gasteiger partial charge in [0.1, 0.15) is 12.4 Å². The van der Waals surface area contributed by atoms with E-state index < -0.39 is 0 Å². The second-order valence-corrected chi connectivity index (χ2v) is 7.65. The van der Waals surface area contributed by atoms with Crippen molar-refractivity contribution in [3.63, 3.8) is 0 Å². The van der Waals surface area contributed by atoms with Gasteiger partial charge in [0, 0.05) is 25.0 Å². The van der Waals surface area contributed by atoms with Gasteiger partial charge in [0.25, 0.3) is 5.78 Å². The van der Waals surface area contributed by atoms with Gasteiger partial charge >= 0.3 is 5.69 Å². The molecule has 29 heavy (non-hydrogen) atoms. The number of nitrogens with zero attached hydrogens (tertiary/aromatic N) is 5. The van der Waals surface area contributed by atoms with Gasteiger partial charge in [0.15, 0.2) is 0 Å². The number of carbonyl (C=O) groups is 1. The number of para-hydroxylation sites is 1. The zero-order valence-corrected chi connectivity index (χ0v) is 16.8. The Balaban J connectivity index is 1.54. The molecular weight excluding hydrogens is 368 g/mol. The molecule has 8 nitrogen and oxygen atoms in total. The number of aromatic nitrogens is 4. The van der Waals surface area contributed by atoms with E-state index in [2.05, 4.69) is 27.2 Å². The molecule has 1 aliphatic rings. The third kappa shape index (κ3) is 4.01. The molecule has 152 valence electrons. The Morgan fingerprint density at radius 3 is 2.90 bits per heavy atom. The van der Waals surface area contributed by atoms with Crippen molar-refractivity contribution in [1.82, 2.24) is 19.2 Å². The zero-order chi connectivity index (χ0) is 20.4. The van der Waals surface area contributed by atoms with Crippen LogP contribution in [0.15, 0.2) is 41.3 Å². The third-order valence-electron chi connectivity index (χ3n) is 5.39. The minimum Gasteiger partial charge on any atom is -0.356 e. The molecule has 4 rings (SSSR count). The molecule has 0 bridgehead atoms. The summed E-state index contributed by atoms with van der Waals surface area (Å²) in [5.41, 5.74) is 1.44. The highest BCUT2D eigenvalue weighted by Crippen LogP contribution is 2.21. The van der Waals surface area contributed by atoms with Crippen LogP contribution in [-0.2, 0) is 17.8 Å². The van der Waals surface area contributed by atoms with Crippen LogP contribution in [0, 0.1) is 5.92 Å². The number of anilines is 2. The summed E-state index contributed by atoms with van der Waals surface area (Å²) in [5.74, 6) is 1.47. The van der Waals surface area contributed by atoms with E-state index in [1.807, 2.05) is 37.3 Å². The van der Waals surface area contributed by atoms with E-state index in [1.54, 1.807) is 6.20 Å². The first kappa shape index (κ1) is 19.2. The lowest BCUT2D eigenvalue weighted by atomic mass is 10.0. The quantitative estimate of drug-likeness (QED) is 0.718. The minimum atomic E-state index is -0.370. The Bertz CT molecular complexity index is 1090. The molecule has 3 aromatic rings. The molecule has 1 aliphatic heterocycles. The molecule has 0 radical (unpaired) electrons. The van der Waals surface area contributed by atoms with Gasteiger partial charge in [-0.05, 0) is 42.9 Å². The Morgan fingerprint density at radius 2 is 2.10 bits per heavy atom. The molecule has 0 spiro atoms. The lowest BCUT2D eigenvalue weighted by Gasteiger charge is -2.31. The van der Waals surface area contributed by atoms with Gasteiger partial charge in [0.05, 0.1) is 0 Å². The van der Waals surface area contributed by atoms with Crippen LogP contribution in [0.1, 0.15) is 32.3 Å². The fourth-order valence-electron chi connectivity index (χ4n) is 3.85. The highest BCUT2D eigenvalue weighted by atomic mass is 16.2. The smallest absolute Gasteiger partial charge is 0.352 e. The van der Waals surface area contributed by atoms with E-state index in [0.717, 1.165) is 47.7 Å². The molecular formula is C21H26N6O2. The maximum atomic E-state index is 12.6. The van der Waals surface area contributed by atoms with Crippen molar-refractivity contribution in [1.29, 1.82) is 0 Å². The van der Waals surface area contributed by atoms with E-state index in [0.29, 0.717) is 11.7 Å². The summed E-state index contributed by atoms with van der Waals surface area (Å²) in [4.78, 5) is 31.9. The number of rotatable bonds is 5. The average Bonchev–Trinajstić information content (AvgIpc) is 3.03. The number of fused-ring (bicyclic) bond motifs is 1. The number of hydrogen-bond donors (Lipinski definition) is 1. The summed E-state index contributed by atoms with van der Waals surface area (Å²) in [6.45, 7) is 6.02. The van der Waals surface area contributed by atoms with Gasteiger partial charge in [-0.15, -0.1) is 5.10 Å². The van der Waals surface area contributed by atoms with Crippen molar-refractivity contribution in [3.8, 4) is 0 Å². The van der Waals surface area contributed by atoms with Crippen LogP contribution in [0.3, 0.4) is 0 Å². The number of aryl methyl sites for hydroxylation is 1. The van der Waals surface area contributed by atoms with Gasteiger partial charge < -0.3 is 10.2 Å². The molecule has 1 fully saturated rings. The Morgan fingerprint density at radius 1 is 1.28 bits per heavy atom. The Kier molecular flexibility index (Phi) is 5.33. The molecule has 1 N–H and O–H groups in total. The van der Waals surface area contributed by atoms with Crippen molar-refractivity contribution in [2.24, 2.45) is 5.92 Å². The second-order valence-electron chi connectivity index (χ2n) is 7.65. The van der Waals surface area contributed by atoms with Crippen LogP contribution in [-0.4, -0.2) is 38.2 Å². The maximum absolute atomic E-state index is 12.6. The molecule has 3 heterocycles. The van der Waals surface area contributed by atoms with Crippen molar-refractivity contribution in [3.05, 3.63) is 52.6 Å². The second kappa shape index (κ2) is 8.06. The number of amides is 1. The summed E-state index contributed by atoms with van der Waals surface area (Å²) >= 11 is 0. The first-order valence-corrected chi connectivity index (χ1v) is 10.1. The molecule has 1 atom stereocenters. The molecule has 1 aromatic carbocycles. The summed E-state index contributed by atoms with van der Waals surface area (Å²) in [7, 11) is 0. The van der Waals surface area contributed by atoms with Crippen LogP contribution >= 0.6 is 0 Å². The summed E-state index contributed by atoms with van der Waals surface area (Å²) in [6.07, 6.45) is 4.86. The summed E-state index contributed by atoms with van der Waals surface area (Å²) in [6, 6.07) is 9.48. The van der Waals surface area contributed by atoms with Crippen LogP contribution < -0.4 is 15.9 Å². The van der Waals surface area contributed by atoms with Crippen LogP contribution in [0.2, 0.25) is 0 Å². The monoisotopic (exact) mass is 394 g/mol. The van der Waals surface area contributed by atoms with Crippen molar-refractivity contribution in [2.45, 2.75) is 39.7 Å². The molecule has 1 saturated heterocycles. The highest BCUT2D eigenvalue weighted by molar-refractivity contribution is 5.91. The predicted molar refractivity (Wildman–Crippen MR) is 112 cm³/mol. The van der Waals surface area contributed by atoms with E-state index in [-0.39, 0.29) is 18.1 Å². The molecule has 8 heteroatoms. The Hall–Kier alpha value is -3.16. The van der Waals surface area contributed by atoms with E-state index >= 15 is 0 Å². The summed E-state index contributed by atoms with van der Waals surface area (Å²) in [5, 5.41) is 7.15. The predicted octanol–water partition coefficient (Wildman–Crippen LogP) is 2.33. The van der Waals surface area contributed by atoms with Crippen molar-refractivity contribution < 1.29 is 4.79 Å². The fraction of sp³-hybridized carbons (Fsp3) is 0.429. The van der Waals surface area contributed by atoms with E-state index in [9.17, 15) is 9.59 Å². The van der Waals surface area contributed by atoms with E-state index in [1.165, 1.54) is 10.8 Å². The van der Waals surface area contributed by atoms with Crippen LogP contribution in [0.4, 0.5) is 11.5 Å². The number of benzene rings is 1. The minimum absolute atomic E-state index is 0.156. The number of hydrogen-bond acceptors (Lipinski definition) is 5. The fourth-order valence-corrected chi connectivity index (χ4v) is 3.85. The number of nitrogens with one attached hydrogen (secondary N) is 1. The highest BCUT2D eigenvalue weighted by Gasteiger charge is 2.19. The van der Waals surface area contributed by atoms with Crippen molar-refractivity contribution >= 4 is 23.2 Å². The Labute approximate surface area is 169 Å². The molecule has 1 amide bonds. The van der Waals surface area contributed by atoms with Gasteiger partial charge in [0.2, 0.25) is 5.91 Å². The normalized spacial score (nSPS) is 16.9. The average molecular weight is 394 g/mol. The standard InChI is InChI=1S/C21H26N6O2/c1-3-16-8-4-5-9-17(16)22-19(28)14-27-21(29)26-12-10-18(23-20(26)24-27)25-11-6-7-15(2)13-25/h4-5,8-10,12,15H,3,6-7,11,13-14H2,1-2H3,(H,22,28)/t15-/m0/s1. The SMILES string of the molecule is CCc1ccccc1NC(=O)Cn1nc2nc(N3CCC[C@H](C)C3)ccn2c1=O. The first-order chi connectivity index (χ1) is 14.0. The molecule has 2 aromatic heterocycles. The van der Waals surface area contributed by atoms with Gasteiger partial charge in [-0.1, -0.05) is 32.0 Å². The molecule has 0 saturated carbocycles. The number of carbonyl (C=O) groups excluding carboxylic acids is 1. The number of piperidine rings is 1.